The molecule has 0 spiro atoms. The zero-order valence-electron chi connectivity index (χ0n) is 20.0. The van der Waals surface area contributed by atoms with Gasteiger partial charge in [0.05, 0.1) is 6.04 Å². The first-order valence-corrected chi connectivity index (χ1v) is 11.7. The summed E-state index contributed by atoms with van der Waals surface area (Å²) in [6.07, 6.45) is 2.72. The summed E-state index contributed by atoms with van der Waals surface area (Å²) in [5.41, 5.74) is 1.36. The number of fused-ring (bicyclic) bond motifs is 1. The van der Waals surface area contributed by atoms with E-state index in [2.05, 4.69) is 35.6 Å². The van der Waals surface area contributed by atoms with Gasteiger partial charge in [-0.05, 0) is 65.3 Å². The molecule has 0 radical (unpaired) electrons. The number of carbonyl (C=O) groups is 2. The summed E-state index contributed by atoms with van der Waals surface area (Å²) in [6.45, 7) is 14.8. The van der Waals surface area contributed by atoms with Gasteiger partial charge in [0.1, 0.15) is 5.60 Å². The Morgan fingerprint density at radius 1 is 1.00 bits per heavy atom. The van der Waals surface area contributed by atoms with Crippen LogP contribution in [0.2, 0.25) is 0 Å². The van der Waals surface area contributed by atoms with Gasteiger partial charge in [-0.25, -0.2) is 4.79 Å². The van der Waals surface area contributed by atoms with Gasteiger partial charge in [0.25, 0.3) is 5.91 Å². The maximum atomic E-state index is 13.1. The van der Waals surface area contributed by atoms with Crippen molar-refractivity contribution in [2.75, 3.05) is 39.3 Å². The van der Waals surface area contributed by atoms with Crippen molar-refractivity contribution in [3.63, 3.8) is 0 Å². The lowest BCUT2D eigenvalue weighted by Crippen LogP contribution is -2.50. The van der Waals surface area contributed by atoms with Crippen LogP contribution < -0.4 is 0 Å². The Balaban J connectivity index is 1.43. The minimum atomic E-state index is -0.486. The fourth-order valence-electron chi connectivity index (χ4n) is 4.70. The Bertz CT molecular complexity index is 983. The van der Waals surface area contributed by atoms with Crippen LogP contribution in [0.25, 0.3) is 10.9 Å². The molecule has 2 aliphatic heterocycles. The fraction of sp³-hybridized carbons (Fsp3) is 0.600. The zero-order chi connectivity index (χ0) is 23.0. The number of aromatic nitrogens is 1. The highest BCUT2D eigenvalue weighted by Crippen LogP contribution is 2.29. The largest absolute Gasteiger partial charge is 0.444 e. The molecule has 0 N–H and O–H groups in total. The average molecular weight is 441 g/mol. The van der Waals surface area contributed by atoms with Gasteiger partial charge in [-0.15, -0.1) is 0 Å². The molecule has 1 atom stereocenters. The second-order valence-corrected chi connectivity index (χ2v) is 10.3. The van der Waals surface area contributed by atoms with Crippen LogP contribution >= 0.6 is 0 Å². The molecule has 2 fully saturated rings. The van der Waals surface area contributed by atoms with Crippen LogP contribution in [-0.2, 0) is 4.74 Å². The predicted molar refractivity (Wildman–Crippen MR) is 126 cm³/mol. The number of hydrogen-bond acceptors (Lipinski definition) is 4. The number of ether oxygens (including phenoxy) is 1. The minimum Gasteiger partial charge on any atom is -0.444 e. The lowest BCUT2D eigenvalue weighted by molar-refractivity contribution is 0.0289. The van der Waals surface area contributed by atoms with Gasteiger partial charge in [0, 0.05) is 68.0 Å². The van der Waals surface area contributed by atoms with Crippen molar-refractivity contribution in [1.82, 2.24) is 19.3 Å². The van der Waals surface area contributed by atoms with Gasteiger partial charge >= 0.3 is 6.09 Å². The summed E-state index contributed by atoms with van der Waals surface area (Å²) >= 11 is 0. The minimum absolute atomic E-state index is 0.111. The Labute approximate surface area is 190 Å². The maximum Gasteiger partial charge on any atom is 0.410 e. The van der Waals surface area contributed by atoms with E-state index in [1.165, 1.54) is 0 Å². The van der Waals surface area contributed by atoms with Crippen molar-refractivity contribution in [2.45, 2.75) is 58.7 Å². The lowest BCUT2D eigenvalue weighted by Gasteiger charge is -2.37. The van der Waals surface area contributed by atoms with E-state index in [1.807, 2.05) is 43.9 Å². The van der Waals surface area contributed by atoms with Gasteiger partial charge in [-0.2, -0.15) is 0 Å². The molecule has 3 heterocycles. The van der Waals surface area contributed by atoms with Gasteiger partial charge in [-0.1, -0.05) is 0 Å². The summed E-state index contributed by atoms with van der Waals surface area (Å²) < 4.78 is 7.76. The van der Waals surface area contributed by atoms with Crippen molar-refractivity contribution >= 4 is 22.9 Å². The molecule has 2 aliphatic rings. The first-order valence-electron chi connectivity index (χ1n) is 11.7. The molecule has 1 aromatic heterocycles. The highest BCUT2D eigenvalue weighted by atomic mass is 16.6. The molecule has 174 valence electrons. The number of carbonyl (C=O) groups excluding carboxylic acids is 2. The Morgan fingerprint density at radius 3 is 2.38 bits per heavy atom. The van der Waals surface area contributed by atoms with Crippen LogP contribution in [0.1, 0.15) is 57.4 Å². The quantitative estimate of drug-likeness (QED) is 0.724. The van der Waals surface area contributed by atoms with E-state index in [1.54, 1.807) is 4.90 Å². The Hall–Kier alpha value is -2.54. The van der Waals surface area contributed by atoms with Crippen molar-refractivity contribution < 1.29 is 14.3 Å². The topological polar surface area (TPSA) is 58.0 Å². The smallest absolute Gasteiger partial charge is 0.410 e. The summed E-state index contributed by atoms with van der Waals surface area (Å²) in [5.74, 6) is 0.111. The SMILES string of the molecule is CC(C)N1CCN(C(=O)c2ccc3c(ccn3[C@H]3CCN(C(=O)OC(C)(C)C)C3)c2)CC1. The first-order chi connectivity index (χ1) is 15.1. The molecule has 7 heteroatoms. The average Bonchev–Trinajstić information content (AvgIpc) is 3.38. The standard InChI is InChI=1S/C25H36N4O3/c1-18(2)26-12-14-27(15-13-26)23(30)20-6-7-22-19(16-20)8-11-29(22)21-9-10-28(17-21)24(31)32-25(3,4)5/h6-8,11,16,18,21H,9-10,12-15,17H2,1-5H3/t21-/m0/s1. The predicted octanol–water partition coefficient (Wildman–Crippen LogP) is 3.99. The first kappa shape index (κ1) is 22.6. The zero-order valence-corrected chi connectivity index (χ0v) is 20.0. The number of hydrogen-bond donors (Lipinski definition) is 0. The van der Waals surface area contributed by atoms with Gasteiger partial charge in [0.2, 0.25) is 0 Å². The molecule has 7 nitrogen and oxygen atoms in total. The molecule has 32 heavy (non-hydrogen) atoms. The van der Waals surface area contributed by atoms with Gasteiger partial charge in [-0.3, -0.25) is 9.69 Å². The molecule has 0 saturated carbocycles. The number of amides is 2. The number of benzene rings is 1. The summed E-state index contributed by atoms with van der Waals surface area (Å²) in [5, 5.41) is 1.06. The monoisotopic (exact) mass is 440 g/mol. The van der Waals surface area contributed by atoms with E-state index < -0.39 is 5.60 Å². The summed E-state index contributed by atoms with van der Waals surface area (Å²) in [6, 6.07) is 8.79. The van der Waals surface area contributed by atoms with E-state index in [-0.39, 0.29) is 18.0 Å². The number of rotatable bonds is 3. The molecule has 2 aromatic rings. The highest BCUT2D eigenvalue weighted by molar-refractivity contribution is 5.98. The molecule has 2 amide bonds. The summed E-state index contributed by atoms with van der Waals surface area (Å²) in [4.78, 5) is 31.6. The second kappa shape index (κ2) is 8.77. The molecule has 2 saturated heterocycles. The van der Waals surface area contributed by atoms with Crippen LogP contribution in [0.15, 0.2) is 30.5 Å². The summed E-state index contributed by atoms with van der Waals surface area (Å²) in [7, 11) is 0. The van der Waals surface area contributed by atoms with Gasteiger partial charge in [0.15, 0.2) is 0 Å². The van der Waals surface area contributed by atoms with Crippen molar-refractivity contribution in [3.05, 3.63) is 36.0 Å². The molecular weight excluding hydrogens is 404 g/mol. The highest BCUT2D eigenvalue weighted by Gasteiger charge is 2.31. The third-order valence-corrected chi connectivity index (χ3v) is 6.51. The van der Waals surface area contributed by atoms with E-state index >= 15 is 0 Å². The third kappa shape index (κ3) is 4.77. The maximum absolute atomic E-state index is 13.1. The van der Waals surface area contributed by atoms with E-state index in [9.17, 15) is 9.59 Å². The molecular formula is C25H36N4O3. The number of piperazine rings is 1. The lowest BCUT2D eigenvalue weighted by atomic mass is 10.1. The molecule has 0 bridgehead atoms. The van der Waals surface area contributed by atoms with Crippen LogP contribution in [0.4, 0.5) is 4.79 Å². The molecule has 0 aliphatic carbocycles. The normalized spacial score (nSPS) is 20.4. The second-order valence-electron chi connectivity index (χ2n) is 10.3. The number of likely N-dealkylation sites (tertiary alicyclic amines) is 1. The van der Waals surface area contributed by atoms with Crippen molar-refractivity contribution in [3.8, 4) is 0 Å². The van der Waals surface area contributed by atoms with Crippen LogP contribution in [0.5, 0.6) is 0 Å². The van der Waals surface area contributed by atoms with Crippen LogP contribution in [-0.4, -0.2) is 82.2 Å². The van der Waals surface area contributed by atoms with Crippen molar-refractivity contribution in [2.24, 2.45) is 0 Å². The van der Waals surface area contributed by atoms with E-state index in [4.69, 9.17) is 4.74 Å². The Morgan fingerprint density at radius 2 is 1.72 bits per heavy atom. The van der Waals surface area contributed by atoms with Crippen molar-refractivity contribution in [1.29, 1.82) is 0 Å². The van der Waals surface area contributed by atoms with E-state index in [0.717, 1.165) is 49.1 Å². The molecule has 1 aromatic carbocycles. The van der Waals surface area contributed by atoms with Crippen LogP contribution in [0.3, 0.4) is 0 Å². The third-order valence-electron chi connectivity index (χ3n) is 6.51. The molecule has 0 unspecified atom stereocenters. The van der Waals surface area contributed by atoms with E-state index in [0.29, 0.717) is 19.1 Å². The van der Waals surface area contributed by atoms with Crippen LogP contribution in [0, 0.1) is 0 Å². The molecule has 4 rings (SSSR count). The number of nitrogens with zero attached hydrogens (tertiary/aromatic N) is 4. The fourth-order valence-corrected chi connectivity index (χ4v) is 4.70. The Kier molecular flexibility index (Phi) is 6.21. The van der Waals surface area contributed by atoms with Gasteiger partial charge < -0.3 is 19.1 Å².